The molecule has 2 aromatic rings. The standard InChI is InChI=1S/C17H22ClN5O4/c1-17(2,3)27-16(25)23-6-4-22(5-7-23)14-12(18)8-11(9-19-14)15-21-20-13(10-24)26-15/h8-9,24H,4-7,10H2,1-3H3. The molecule has 27 heavy (non-hydrogen) atoms. The largest absolute Gasteiger partial charge is 0.444 e. The average Bonchev–Trinajstić information content (AvgIpc) is 3.09. The third-order valence-electron chi connectivity index (χ3n) is 3.90. The van der Waals surface area contributed by atoms with Gasteiger partial charge in [0.25, 0.3) is 0 Å². The van der Waals surface area contributed by atoms with Crippen molar-refractivity contribution >= 4 is 23.5 Å². The number of amides is 1. The third-order valence-corrected chi connectivity index (χ3v) is 4.18. The van der Waals surface area contributed by atoms with Crippen molar-refractivity contribution in [2.75, 3.05) is 31.1 Å². The summed E-state index contributed by atoms with van der Waals surface area (Å²) in [7, 11) is 0. The van der Waals surface area contributed by atoms with E-state index in [-0.39, 0.29) is 24.5 Å². The lowest BCUT2D eigenvalue weighted by atomic mass is 10.2. The number of carbonyl (C=O) groups excluding carboxylic acids is 1. The van der Waals surface area contributed by atoms with Gasteiger partial charge in [0.15, 0.2) is 0 Å². The highest BCUT2D eigenvalue weighted by Crippen LogP contribution is 2.29. The van der Waals surface area contributed by atoms with Gasteiger partial charge in [0.05, 0.1) is 10.6 Å². The molecular formula is C17H22ClN5O4. The molecule has 146 valence electrons. The van der Waals surface area contributed by atoms with E-state index in [0.29, 0.717) is 42.6 Å². The zero-order chi connectivity index (χ0) is 19.6. The van der Waals surface area contributed by atoms with E-state index in [1.165, 1.54) is 0 Å². The lowest BCUT2D eigenvalue weighted by Gasteiger charge is -2.36. The number of piperazine rings is 1. The Morgan fingerprint density at radius 1 is 1.30 bits per heavy atom. The molecule has 1 aliphatic rings. The highest BCUT2D eigenvalue weighted by Gasteiger charge is 2.27. The van der Waals surface area contributed by atoms with Crippen molar-refractivity contribution < 1.29 is 19.1 Å². The second-order valence-corrected chi connectivity index (χ2v) is 7.55. The quantitative estimate of drug-likeness (QED) is 0.844. The fraction of sp³-hybridized carbons (Fsp3) is 0.529. The van der Waals surface area contributed by atoms with Crippen molar-refractivity contribution in [2.45, 2.75) is 33.0 Å². The zero-order valence-corrected chi connectivity index (χ0v) is 16.2. The van der Waals surface area contributed by atoms with Crippen LogP contribution in [0.1, 0.15) is 26.7 Å². The second-order valence-electron chi connectivity index (χ2n) is 7.14. The molecule has 1 N–H and O–H groups in total. The molecule has 1 saturated heterocycles. The van der Waals surface area contributed by atoms with E-state index >= 15 is 0 Å². The minimum atomic E-state index is -0.514. The Hall–Kier alpha value is -2.39. The summed E-state index contributed by atoms with van der Waals surface area (Å²) in [5.41, 5.74) is 0.0582. The number of hydrogen-bond acceptors (Lipinski definition) is 8. The van der Waals surface area contributed by atoms with Gasteiger partial charge < -0.3 is 24.1 Å². The van der Waals surface area contributed by atoms with Crippen molar-refractivity contribution in [3.8, 4) is 11.5 Å². The molecule has 9 nitrogen and oxygen atoms in total. The highest BCUT2D eigenvalue weighted by atomic mass is 35.5. The van der Waals surface area contributed by atoms with E-state index in [2.05, 4.69) is 15.2 Å². The molecule has 0 saturated carbocycles. The summed E-state index contributed by atoms with van der Waals surface area (Å²) in [6, 6.07) is 1.69. The molecule has 0 aliphatic carbocycles. The van der Waals surface area contributed by atoms with E-state index < -0.39 is 5.60 Å². The van der Waals surface area contributed by atoms with Crippen LogP contribution < -0.4 is 4.90 Å². The van der Waals surface area contributed by atoms with Gasteiger partial charge in [0.2, 0.25) is 11.8 Å². The number of ether oxygens (including phenoxy) is 1. The highest BCUT2D eigenvalue weighted by molar-refractivity contribution is 6.33. The van der Waals surface area contributed by atoms with Crippen LogP contribution in [0.15, 0.2) is 16.7 Å². The van der Waals surface area contributed by atoms with Crippen LogP contribution in [0.5, 0.6) is 0 Å². The Morgan fingerprint density at radius 3 is 2.56 bits per heavy atom. The maximum Gasteiger partial charge on any atom is 0.410 e. The SMILES string of the molecule is CC(C)(C)OC(=O)N1CCN(c2ncc(-c3nnc(CO)o3)cc2Cl)CC1. The molecule has 1 fully saturated rings. The normalized spacial score (nSPS) is 15.1. The molecule has 0 unspecified atom stereocenters. The molecule has 1 amide bonds. The van der Waals surface area contributed by atoms with Gasteiger partial charge in [-0.3, -0.25) is 0 Å². The van der Waals surface area contributed by atoms with E-state index in [4.69, 9.17) is 25.9 Å². The van der Waals surface area contributed by atoms with Gasteiger partial charge in [-0.2, -0.15) is 0 Å². The number of halogens is 1. The summed E-state index contributed by atoms with van der Waals surface area (Å²) < 4.78 is 10.7. The molecule has 0 radical (unpaired) electrons. The van der Waals surface area contributed by atoms with Gasteiger partial charge in [-0.15, -0.1) is 10.2 Å². The molecule has 2 aromatic heterocycles. The van der Waals surface area contributed by atoms with Crippen molar-refractivity contribution in [3.63, 3.8) is 0 Å². The van der Waals surface area contributed by atoms with Crippen LogP contribution in [-0.2, 0) is 11.3 Å². The first kappa shape index (κ1) is 19.4. The number of anilines is 1. The Morgan fingerprint density at radius 2 is 2.00 bits per heavy atom. The monoisotopic (exact) mass is 395 g/mol. The maximum atomic E-state index is 12.2. The van der Waals surface area contributed by atoms with Gasteiger partial charge in [0, 0.05) is 32.4 Å². The van der Waals surface area contributed by atoms with E-state index in [1.807, 2.05) is 25.7 Å². The summed E-state index contributed by atoms with van der Waals surface area (Å²) in [6.45, 7) is 7.46. The predicted octanol–water partition coefficient (Wildman–Crippen LogP) is 2.33. The number of hydrogen-bond donors (Lipinski definition) is 1. The van der Waals surface area contributed by atoms with Crippen LogP contribution in [0.3, 0.4) is 0 Å². The summed E-state index contributed by atoms with van der Waals surface area (Å²) in [6.07, 6.45) is 1.28. The number of nitrogens with zero attached hydrogens (tertiary/aromatic N) is 5. The maximum absolute atomic E-state index is 12.2. The fourth-order valence-corrected chi connectivity index (χ4v) is 2.93. The number of aliphatic hydroxyl groups excluding tert-OH is 1. The molecule has 3 rings (SSSR count). The molecule has 3 heterocycles. The van der Waals surface area contributed by atoms with Gasteiger partial charge in [0.1, 0.15) is 18.0 Å². The molecule has 10 heteroatoms. The molecule has 0 atom stereocenters. The second kappa shape index (κ2) is 7.69. The first-order valence-electron chi connectivity index (χ1n) is 8.59. The van der Waals surface area contributed by atoms with Crippen LogP contribution in [0, 0.1) is 0 Å². The number of aliphatic hydroxyl groups is 1. The molecule has 1 aliphatic heterocycles. The molecule has 0 bridgehead atoms. The number of carbonyl (C=O) groups is 1. The lowest BCUT2D eigenvalue weighted by molar-refractivity contribution is 0.0240. The number of aromatic nitrogens is 3. The summed E-state index contributed by atoms with van der Waals surface area (Å²) in [4.78, 5) is 20.3. The number of pyridine rings is 1. The van der Waals surface area contributed by atoms with Crippen molar-refractivity contribution in [1.29, 1.82) is 0 Å². The van der Waals surface area contributed by atoms with Gasteiger partial charge >= 0.3 is 6.09 Å². The van der Waals surface area contributed by atoms with E-state index in [0.717, 1.165) is 0 Å². The van der Waals surface area contributed by atoms with Gasteiger partial charge in [-0.1, -0.05) is 11.6 Å². The predicted molar refractivity (Wildman–Crippen MR) is 98.5 cm³/mol. The van der Waals surface area contributed by atoms with Crippen LogP contribution in [0.4, 0.5) is 10.6 Å². The third kappa shape index (κ3) is 4.67. The molecular weight excluding hydrogens is 374 g/mol. The van der Waals surface area contributed by atoms with Crippen LogP contribution in [-0.4, -0.2) is 63.1 Å². The Kier molecular flexibility index (Phi) is 5.52. The van der Waals surface area contributed by atoms with Crippen LogP contribution >= 0.6 is 11.6 Å². The summed E-state index contributed by atoms with van der Waals surface area (Å²) in [5.74, 6) is 1.00. The number of rotatable bonds is 3. The van der Waals surface area contributed by atoms with Crippen molar-refractivity contribution in [2.24, 2.45) is 0 Å². The van der Waals surface area contributed by atoms with E-state index in [1.54, 1.807) is 17.2 Å². The smallest absolute Gasteiger partial charge is 0.410 e. The van der Waals surface area contributed by atoms with Crippen LogP contribution in [0.2, 0.25) is 5.02 Å². The van der Waals surface area contributed by atoms with Gasteiger partial charge in [-0.05, 0) is 26.8 Å². The summed E-state index contributed by atoms with van der Waals surface area (Å²) in [5, 5.41) is 17.0. The first-order chi connectivity index (χ1) is 12.8. The fourth-order valence-electron chi connectivity index (χ4n) is 2.64. The zero-order valence-electron chi connectivity index (χ0n) is 15.5. The first-order valence-corrected chi connectivity index (χ1v) is 8.96. The average molecular weight is 396 g/mol. The molecule has 0 aromatic carbocycles. The van der Waals surface area contributed by atoms with Crippen molar-refractivity contribution in [1.82, 2.24) is 20.1 Å². The van der Waals surface area contributed by atoms with E-state index in [9.17, 15) is 4.79 Å². The molecule has 0 spiro atoms. The Bertz CT molecular complexity index is 812. The van der Waals surface area contributed by atoms with Gasteiger partial charge in [-0.25, -0.2) is 9.78 Å². The minimum Gasteiger partial charge on any atom is -0.444 e. The topological polar surface area (TPSA) is 105 Å². The Balaban J connectivity index is 1.65. The summed E-state index contributed by atoms with van der Waals surface area (Å²) >= 11 is 6.39. The Labute approximate surface area is 161 Å². The lowest BCUT2D eigenvalue weighted by Crippen LogP contribution is -2.50. The van der Waals surface area contributed by atoms with Crippen LogP contribution in [0.25, 0.3) is 11.5 Å². The minimum absolute atomic E-state index is 0.128. The van der Waals surface area contributed by atoms with Crippen molar-refractivity contribution in [3.05, 3.63) is 23.2 Å².